The minimum atomic E-state index is -1.22. The molecule has 1 aromatic carbocycles. The first kappa shape index (κ1) is 16.6. The Labute approximate surface area is 119 Å². The number of aromatic hydroxyl groups is 3. The summed E-state index contributed by atoms with van der Waals surface area (Å²) in [5.41, 5.74) is 0.212. The summed E-state index contributed by atoms with van der Waals surface area (Å²) in [5, 5.41) is 37.7. The standard InChI is InChI=1S/C15H24O5/c1-2-3-4-5-6-7-8-20-15(19)11-9-12(16)14(18)13(17)10-11/h9-10,15-19H,2-8H2,1H3. The van der Waals surface area contributed by atoms with Crippen LogP contribution < -0.4 is 0 Å². The molecular formula is C15H24O5. The summed E-state index contributed by atoms with van der Waals surface area (Å²) in [4.78, 5) is 0. The van der Waals surface area contributed by atoms with Gasteiger partial charge in [-0.2, -0.15) is 0 Å². The summed E-state index contributed by atoms with van der Waals surface area (Å²) in [6, 6.07) is 2.34. The normalized spacial score (nSPS) is 12.5. The molecule has 0 radical (unpaired) electrons. The first-order valence-electron chi connectivity index (χ1n) is 7.10. The van der Waals surface area contributed by atoms with Crippen molar-refractivity contribution in [1.29, 1.82) is 0 Å². The van der Waals surface area contributed by atoms with Crippen LogP contribution in [0.5, 0.6) is 17.2 Å². The first-order valence-corrected chi connectivity index (χ1v) is 7.10. The maximum atomic E-state index is 9.77. The van der Waals surface area contributed by atoms with Gasteiger partial charge in [-0.1, -0.05) is 39.0 Å². The summed E-state index contributed by atoms with van der Waals surface area (Å²) < 4.78 is 5.24. The lowest BCUT2D eigenvalue weighted by atomic mass is 10.1. The molecular weight excluding hydrogens is 260 g/mol. The number of ether oxygens (including phenoxy) is 1. The Hall–Kier alpha value is -1.46. The van der Waals surface area contributed by atoms with Gasteiger partial charge in [0.25, 0.3) is 0 Å². The van der Waals surface area contributed by atoms with Gasteiger partial charge in [-0.15, -0.1) is 0 Å². The van der Waals surface area contributed by atoms with Crippen LogP contribution in [0.25, 0.3) is 0 Å². The van der Waals surface area contributed by atoms with Gasteiger partial charge in [0.05, 0.1) is 6.61 Å². The van der Waals surface area contributed by atoms with E-state index >= 15 is 0 Å². The van der Waals surface area contributed by atoms with E-state index in [-0.39, 0.29) is 5.56 Å². The predicted octanol–water partition coefficient (Wildman–Crippen LogP) is 3.17. The number of phenols is 3. The highest BCUT2D eigenvalue weighted by Crippen LogP contribution is 2.37. The Morgan fingerprint density at radius 3 is 2.10 bits per heavy atom. The average Bonchev–Trinajstić information content (AvgIpc) is 2.43. The molecule has 5 heteroatoms. The maximum Gasteiger partial charge on any atom is 0.200 e. The molecule has 114 valence electrons. The molecule has 1 rings (SSSR count). The molecule has 0 aromatic heterocycles. The molecule has 0 spiro atoms. The fraction of sp³-hybridized carbons (Fsp3) is 0.600. The molecule has 0 saturated heterocycles. The quantitative estimate of drug-likeness (QED) is 0.318. The number of aliphatic hydroxyl groups is 1. The van der Waals surface area contributed by atoms with Crippen molar-refractivity contribution in [3.8, 4) is 17.2 Å². The van der Waals surface area contributed by atoms with Crippen molar-refractivity contribution in [1.82, 2.24) is 0 Å². The number of rotatable bonds is 9. The number of benzene rings is 1. The molecule has 1 aromatic rings. The molecule has 0 bridgehead atoms. The van der Waals surface area contributed by atoms with Crippen LogP contribution in [0.15, 0.2) is 12.1 Å². The second-order valence-corrected chi connectivity index (χ2v) is 4.90. The molecule has 0 amide bonds. The summed E-state index contributed by atoms with van der Waals surface area (Å²) in [5.74, 6) is -1.57. The zero-order chi connectivity index (χ0) is 15.0. The Kier molecular flexibility index (Phi) is 7.18. The van der Waals surface area contributed by atoms with E-state index in [9.17, 15) is 20.4 Å². The maximum absolute atomic E-state index is 9.77. The van der Waals surface area contributed by atoms with Crippen molar-refractivity contribution < 1.29 is 25.2 Å². The molecule has 0 aliphatic rings. The summed E-state index contributed by atoms with van der Waals surface area (Å²) in [7, 11) is 0. The van der Waals surface area contributed by atoms with E-state index in [2.05, 4.69) is 6.92 Å². The zero-order valence-corrected chi connectivity index (χ0v) is 11.9. The Morgan fingerprint density at radius 2 is 1.50 bits per heavy atom. The number of hydrogen-bond donors (Lipinski definition) is 4. The number of phenolic OH excluding ortho intramolecular Hbond substituents is 3. The van der Waals surface area contributed by atoms with Crippen LogP contribution in [0.1, 0.15) is 57.3 Å². The van der Waals surface area contributed by atoms with Gasteiger partial charge in [0, 0.05) is 5.56 Å². The van der Waals surface area contributed by atoms with Gasteiger partial charge in [0.2, 0.25) is 0 Å². The van der Waals surface area contributed by atoms with Crippen molar-refractivity contribution in [3.05, 3.63) is 17.7 Å². The third-order valence-electron chi connectivity index (χ3n) is 3.15. The summed E-state index contributed by atoms with van der Waals surface area (Å²) in [6.45, 7) is 2.58. The predicted molar refractivity (Wildman–Crippen MR) is 75.7 cm³/mol. The monoisotopic (exact) mass is 284 g/mol. The molecule has 0 aliphatic carbocycles. The van der Waals surface area contributed by atoms with Crippen LogP contribution >= 0.6 is 0 Å². The minimum absolute atomic E-state index is 0.212. The third kappa shape index (κ3) is 5.27. The fourth-order valence-electron chi connectivity index (χ4n) is 1.94. The second kappa shape index (κ2) is 8.66. The zero-order valence-electron chi connectivity index (χ0n) is 11.9. The van der Waals surface area contributed by atoms with Crippen molar-refractivity contribution in [2.45, 2.75) is 51.7 Å². The SMILES string of the molecule is CCCCCCCCOC(O)c1cc(O)c(O)c(O)c1. The van der Waals surface area contributed by atoms with Gasteiger partial charge < -0.3 is 25.2 Å². The number of hydrogen-bond acceptors (Lipinski definition) is 5. The third-order valence-corrected chi connectivity index (χ3v) is 3.15. The molecule has 20 heavy (non-hydrogen) atoms. The summed E-state index contributed by atoms with van der Waals surface area (Å²) in [6.07, 6.45) is 5.53. The van der Waals surface area contributed by atoms with Crippen LogP contribution in [0.3, 0.4) is 0 Å². The van der Waals surface area contributed by atoms with E-state index in [1.54, 1.807) is 0 Å². The van der Waals surface area contributed by atoms with Crippen molar-refractivity contribution in [2.24, 2.45) is 0 Å². The minimum Gasteiger partial charge on any atom is -0.504 e. The lowest BCUT2D eigenvalue weighted by Gasteiger charge is -2.13. The Bertz CT molecular complexity index is 382. The van der Waals surface area contributed by atoms with E-state index in [0.717, 1.165) is 19.3 Å². The Morgan fingerprint density at radius 1 is 0.950 bits per heavy atom. The smallest absolute Gasteiger partial charge is 0.200 e. The van der Waals surface area contributed by atoms with Crippen molar-refractivity contribution in [3.63, 3.8) is 0 Å². The molecule has 1 atom stereocenters. The second-order valence-electron chi connectivity index (χ2n) is 4.90. The number of aliphatic hydroxyl groups excluding tert-OH is 1. The molecule has 4 N–H and O–H groups in total. The largest absolute Gasteiger partial charge is 0.504 e. The van der Waals surface area contributed by atoms with Gasteiger partial charge in [0.15, 0.2) is 23.5 Å². The average molecular weight is 284 g/mol. The lowest BCUT2D eigenvalue weighted by Crippen LogP contribution is -2.04. The molecule has 0 aliphatic heterocycles. The van der Waals surface area contributed by atoms with Gasteiger partial charge in [-0.25, -0.2) is 0 Å². The van der Waals surface area contributed by atoms with E-state index in [1.165, 1.54) is 31.4 Å². The lowest BCUT2D eigenvalue weighted by molar-refractivity contribution is -0.104. The highest BCUT2D eigenvalue weighted by molar-refractivity contribution is 5.51. The molecule has 0 fully saturated rings. The van der Waals surface area contributed by atoms with Crippen LogP contribution in [0.2, 0.25) is 0 Å². The van der Waals surface area contributed by atoms with Crippen molar-refractivity contribution in [2.75, 3.05) is 6.61 Å². The van der Waals surface area contributed by atoms with E-state index in [4.69, 9.17) is 4.74 Å². The Balaban J connectivity index is 2.31. The fourth-order valence-corrected chi connectivity index (χ4v) is 1.94. The van der Waals surface area contributed by atoms with Gasteiger partial charge >= 0.3 is 0 Å². The molecule has 0 heterocycles. The topological polar surface area (TPSA) is 90.2 Å². The van der Waals surface area contributed by atoms with Crippen LogP contribution in [0, 0.1) is 0 Å². The van der Waals surface area contributed by atoms with E-state index in [1.807, 2.05) is 0 Å². The molecule has 0 saturated carbocycles. The van der Waals surface area contributed by atoms with Gasteiger partial charge in [-0.3, -0.25) is 0 Å². The van der Waals surface area contributed by atoms with Crippen LogP contribution in [-0.4, -0.2) is 27.0 Å². The van der Waals surface area contributed by atoms with Gasteiger partial charge in [-0.05, 0) is 18.6 Å². The van der Waals surface area contributed by atoms with Crippen molar-refractivity contribution >= 4 is 0 Å². The van der Waals surface area contributed by atoms with Crippen LogP contribution in [0.4, 0.5) is 0 Å². The molecule has 1 unspecified atom stereocenters. The van der Waals surface area contributed by atoms with Gasteiger partial charge in [0.1, 0.15) is 0 Å². The van der Waals surface area contributed by atoms with E-state index < -0.39 is 23.5 Å². The number of unbranched alkanes of at least 4 members (excludes halogenated alkanes) is 5. The van der Waals surface area contributed by atoms with Crippen LogP contribution in [-0.2, 0) is 4.74 Å². The highest BCUT2D eigenvalue weighted by atomic mass is 16.6. The summed E-state index contributed by atoms with van der Waals surface area (Å²) >= 11 is 0. The molecule has 5 nitrogen and oxygen atoms in total. The first-order chi connectivity index (χ1) is 9.56. The highest BCUT2D eigenvalue weighted by Gasteiger charge is 2.14. The van der Waals surface area contributed by atoms with E-state index in [0.29, 0.717) is 6.61 Å².